The van der Waals surface area contributed by atoms with Crippen LogP contribution in [-0.2, 0) is 14.3 Å². The number of aliphatic hydroxyl groups excluding tert-OH is 1. The molecule has 5 atom stereocenters. The van der Waals surface area contributed by atoms with E-state index in [9.17, 15) is 14.7 Å². The average Bonchev–Trinajstić information content (AvgIpc) is 3.12. The van der Waals surface area contributed by atoms with E-state index in [4.69, 9.17) is 37.9 Å². The maximum atomic E-state index is 13.2. The first kappa shape index (κ1) is 30.8. The second kappa shape index (κ2) is 13.2. The summed E-state index contributed by atoms with van der Waals surface area (Å²) in [5.41, 5.74) is 0.833. The van der Waals surface area contributed by atoms with E-state index >= 15 is 0 Å². The molecule has 4 rings (SSSR count). The molecule has 0 aromatic heterocycles. The SMILES string of the molecule is COc1cc(C=CC(=O)OC2CC3C(O)C(OC(=O)c4cc(OC)c(OC)c(OC)c4)C(C2)N3C)cc(OC)c1OC. The van der Waals surface area contributed by atoms with E-state index in [0.717, 1.165) is 0 Å². The number of fused-ring (bicyclic) bond motifs is 2. The number of benzene rings is 2. The number of carbonyl (C=O) groups excluding carboxylic acids is 2. The summed E-state index contributed by atoms with van der Waals surface area (Å²) in [6.45, 7) is 0. The number of methoxy groups -OCH3 is 6. The van der Waals surface area contributed by atoms with E-state index in [2.05, 4.69) is 0 Å². The van der Waals surface area contributed by atoms with Gasteiger partial charge in [0.2, 0.25) is 11.5 Å². The first-order chi connectivity index (χ1) is 20.2. The lowest BCUT2D eigenvalue weighted by Crippen LogP contribution is -2.46. The predicted octanol–water partition coefficient (Wildman–Crippen LogP) is 2.73. The molecule has 5 unspecified atom stereocenters. The summed E-state index contributed by atoms with van der Waals surface area (Å²) in [6, 6.07) is 5.69. The largest absolute Gasteiger partial charge is 0.493 e. The summed E-state index contributed by atoms with van der Waals surface area (Å²) >= 11 is 0. The van der Waals surface area contributed by atoms with Crippen LogP contribution in [0.4, 0.5) is 0 Å². The molecule has 2 bridgehead atoms. The van der Waals surface area contributed by atoms with Gasteiger partial charge in [-0.2, -0.15) is 0 Å². The molecule has 0 saturated carbocycles. The van der Waals surface area contributed by atoms with Crippen molar-refractivity contribution in [1.82, 2.24) is 4.90 Å². The minimum absolute atomic E-state index is 0.181. The first-order valence-electron chi connectivity index (χ1n) is 13.3. The van der Waals surface area contributed by atoms with Crippen LogP contribution in [0.3, 0.4) is 0 Å². The van der Waals surface area contributed by atoms with E-state index in [1.54, 1.807) is 18.2 Å². The molecule has 12 nitrogen and oxygen atoms in total. The lowest BCUT2D eigenvalue weighted by atomic mass is 10.00. The molecule has 2 aromatic rings. The van der Waals surface area contributed by atoms with Gasteiger partial charge in [0.05, 0.1) is 54.3 Å². The molecular formula is C30H37NO11. The average molecular weight is 588 g/mol. The van der Waals surface area contributed by atoms with Crippen molar-refractivity contribution in [2.45, 2.75) is 43.2 Å². The Balaban J connectivity index is 1.44. The predicted molar refractivity (Wildman–Crippen MR) is 151 cm³/mol. The summed E-state index contributed by atoms with van der Waals surface area (Å²) < 4.78 is 43.6. The topological polar surface area (TPSA) is 131 Å². The van der Waals surface area contributed by atoms with Gasteiger partial charge in [-0.1, -0.05) is 0 Å². The minimum Gasteiger partial charge on any atom is -0.493 e. The summed E-state index contributed by atoms with van der Waals surface area (Å²) in [5, 5.41) is 11.1. The highest BCUT2D eigenvalue weighted by molar-refractivity contribution is 5.91. The smallest absolute Gasteiger partial charge is 0.338 e. The molecule has 42 heavy (non-hydrogen) atoms. The molecular weight excluding hydrogens is 550 g/mol. The number of carbonyl (C=O) groups is 2. The zero-order valence-electron chi connectivity index (χ0n) is 24.7. The van der Waals surface area contributed by atoms with Crippen LogP contribution >= 0.6 is 0 Å². The Morgan fingerprint density at radius 3 is 1.76 bits per heavy atom. The third-order valence-corrected chi connectivity index (χ3v) is 7.69. The van der Waals surface area contributed by atoms with E-state index in [0.29, 0.717) is 52.9 Å². The monoisotopic (exact) mass is 587 g/mol. The van der Waals surface area contributed by atoms with Crippen molar-refractivity contribution in [3.05, 3.63) is 41.5 Å². The standard InChI is InChI=1S/C30H37NO11/c1-31-19-14-18(41-25(32)9-8-16-10-21(35-2)28(39-6)22(11-16)36-3)15-20(31)27(26(19)33)42-30(34)17-12-23(37-4)29(40-7)24(13-17)38-5/h8-13,18-20,26-27,33H,14-15H2,1-7H3. The number of hydrogen-bond donors (Lipinski definition) is 1. The number of ether oxygens (including phenoxy) is 8. The second-order valence-corrected chi connectivity index (χ2v) is 9.90. The fourth-order valence-electron chi connectivity index (χ4n) is 5.61. The van der Waals surface area contributed by atoms with Crippen LogP contribution < -0.4 is 28.4 Å². The third-order valence-electron chi connectivity index (χ3n) is 7.69. The molecule has 2 aliphatic rings. The van der Waals surface area contributed by atoms with Gasteiger partial charge in [-0.3, -0.25) is 4.90 Å². The molecule has 1 N–H and O–H groups in total. The second-order valence-electron chi connectivity index (χ2n) is 9.90. The number of nitrogens with zero attached hydrogens (tertiary/aromatic N) is 1. The Hall–Kier alpha value is -4.16. The van der Waals surface area contributed by atoms with Crippen molar-refractivity contribution in [3.8, 4) is 34.5 Å². The number of esters is 2. The van der Waals surface area contributed by atoms with Crippen molar-refractivity contribution in [2.24, 2.45) is 0 Å². The Kier molecular flexibility index (Phi) is 9.69. The molecule has 2 saturated heterocycles. The number of aliphatic hydroxyl groups is 1. The molecule has 0 spiro atoms. The Bertz CT molecular complexity index is 1280. The maximum Gasteiger partial charge on any atom is 0.338 e. The highest BCUT2D eigenvalue weighted by Crippen LogP contribution is 2.41. The van der Waals surface area contributed by atoms with E-state index in [1.165, 1.54) is 60.9 Å². The van der Waals surface area contributed by atoms with Gasteiger partial charge in [-0.15, -0.1) is 0 Å². The van der Waals surface area contributed by atoms with Crippen molar-refractivity contribution in [1.29, 1.82) is 0 Å². The van der Waals surface area contributed by atoms with E-state index in [-0.39, 0.29) is 17.6 Å². The van der Waals surface area contributed by atoms with Crippen molar-refractivity contribution in [3.63, 3.8) is 0 Å². The Morgan fingerprint density at radius 1 is 0.762 bits per heavy atom. The highest BCUT2D eigenvalue weighted by Gasteiger charge is 2.54. The van der Waals surface area contributed by atoms with Gasteiger partial charge in [0.15, 0.2) is 23.0 Å². The van der Waals surface area contributed by atoms with Crippen molar-refractivity contribution in [2.75, 3.05) is 49.7 Å². The Labute approximate surface area is 244 Å². The zero-order chi connectivity index (χ0) is 30.6. The van der Waals surface area contributed by atoms with Crippen molar-refractivity contribution >= 4 is 18.0 Å². The molecule has 0 aliphatic carbocycles. The normalized spacial score (nSPS) is 23.3. The molecule has 2 heterocycles. The van der Waals surface area contributed by atoms with Crippen LogP contribution in [0.15, 0.2) is 30.3 Å². The van der Waals surface area contributed by atoms with Gasteiger partial charge in [-0.25, -0.2) is 9.59 Å². The third kappa shape index (κ3) is 6.04. The van der Waals surface area contributed by atoms with Crippen LogP contribution in [-0.4, -0.2) is 102 Å². The molecule has 0 radical (unpaired) electrons. The lowest BCUT2D eigenvalue weighted by Gasteiger charge is -2.35. The van der Waals surface area contributed by atoms with Gasteiger partial charge < -0.3 is 43.0 Å². The van der Waals surface area contributed by atoms with Crippen LogP contribution in [0.1, 0.15) is 28.8 Å². The maximum absolute atomic E-state index is 13.2. The van der Waals surface area contributed by atoms with Crippen LogP contribution in [0.2, 0.25) is 0 Å². The van der Waals surface area contributed by atoms with Gasteiger partial charge in [0.1, 0.15) is 18.3 Å². The Morgan fingerprint density at radius 2 is 1.26 bits per heavy atom. The lowest BCUT2D eigenvalue weighted by molar-refractivity contribution is -0.146. The van der Waals surface area contributed by atoms with Gasteiger partial charge >= 0.3 is 11.9 Å². The number of rotatable bonds is 11. The summed E-state index contributed by atoms with van der Waals surface area (Å²) in [7, 11) is 10.8. The van der Waals surface area contributed by atoms with Gasteiger partial charge in [0.25, 0.3) is 0 Å². The zero-order valence-corrected chi connectivity index (χ0v) is 24.7. The summed E-state index contributed by atoms with van der Waals surface area (Å²) in [5.74, 6) is 1.11. The fraction of sp³-hybridized carbons (Fsp3) is 0.467. The molecule has 12 heteroatoms. The quantitative estimate of drug-likeness (QED) is 0.306. The molecule has 0 amide bonds. The van der Waals surface area contributed by atoms with Crippen LogP contribution in [0, 0.1) is 0 Å². The van der Waals surface area contributed by atoms with Gasteiger partial charge in [-0.05, 0) is 43.0 Å². The number of likely N-dealkylation sites (N-methyl/N-ethyl adjacent to an activating group) is 1. The molecule has 2 fully saturated rings. The number of piperidine rings is 1. The highest BCUT2D eigenvalue weighted by atomic mass is 16.6. The van der Waals surface area contributed by atoms with Crippen molar-refractivity contribution < 1.29 is 52.6 Å². The minimum atomic E-state index is -0.968. The summed E-state index contributed by atoms with van der Waals surface area (Å²) in [6.07, 6.45) is 1.39. The first-order valence-corrected chi connectivity index (χ1v) is 13.3. The molecule has 2 aromatic carbocycles. The van der Waals surface area contributed by atoms with Crippen LogP contribution in [0.5, 0.6) is 34.5 Å². The van der Waals surface area contributed by atoms with Gasteiger partial charge in [0, 0.05) is 25.0 Å². The fourth-order valence-corrected chi connectivity index (χ4v) is 5.61. The van der Waals surface area contributed by atoms with E-state index < -0.39 is 30.3 Å². The number of hydrogen-bond acceptors (Lipinski definition) is 12. The van der Waals surface area contributed by atoms with E-state index in [1.807, 2.05) is 11.9 Å². The summed E-state index contributed by atoms with van der Waals surface area (Å²) in [4.78, 5) is 27.9. The van der Waals surface area contributed by atoms with Crippen LogP contribution in [0.25, 0.3) is 6.08 Å². The molecule has 228 valence electrons. The molecule has 2 aliphatic heterocycles.